The predicted octanol–water partition coefficient (Wildman–Crippen LogP) is 3.20. The highest BCUT2D eigenvalue weighted by molar-refractivity contribution is 7.13. The summed E-state index contributed by atoms with van der Waals surface area (Å²) in [6.07, 6.45) is 3.34. The van der Waals surface area contributed by atoms with Crippen molar-refractivity contribution in [3.63, 3.8) is 0 Å². The van der Waals surface area contributed by atoms with Crippen molar-refractivity contribution in [2.75, 3.05) is 19.7 Å². The van der Waals surface area contributed by atoms with Crippen LogP contribution in [0.15, 0.2) is 36.0 Å². The van der Waals surface area contributed by atoms with Gasteiger partial charge in [-0.25, -0.2) is 9.37 Å². The Morgan fingerprint density at radius 2 is 2.26 bits per heavy atom. The highest BCUT2D eigenvalue weighted by Gasteiger charge is 2.28. The number of rotatable bonds is 3. The Bertz CT molecular complexity index is 984. The second-order valence-corrected chi connectivity index (χ2v) is 7.42. The maximum Gasteiger partial charge on any atom is 0.273 e. The molecule has 0 saturated carbocycles. The molecule has 140 valence electrons. The van der Waals surface area contributed by atoms with E-state index >= 15 is 0 Å². The molecule has 6 nitrogen and oxygen atoms in total. The minimum absolute atomic E-state index is 0.117. The molecule has 0 radical (unpaired) electrons. The van der Waals surface area contributed by atoms with Crippen LogP contribution in [-0.4, -0.2) is 45.3 Å². The summed E-state index contributed by atoms with van der Waals surface area (Å²) in [4.78, 5) is 19.1. The number of nitrogens with zero attached hydrogens (tertiary/aromatic N) is 4. The third kappa shape index (κ3) is 3.63. The quantitative estimate of drug-likeness (QED) is 0.694. The van der Waals surface area contributed by atoms with E-state index in [0.29, 0.717) is 31.0 Å². The fourth-order valence-electron chi connectivity index (χ4n) is 3.10. The van der Waals surface area contributed by atoms with E-state index in [4.69, 9.17) is 4.74 Å². The molecule has 1 aliphatic heterocycles. The Morgan fingerprint density at radius 1 is 1.41 bits per heavy atom. The Labute approximate surface area is 160 Å². The van der Waals surface area contributed by atoms with E-state index in [9.17, 15) is 9.18 Å². The monoisotopic (exact) mass is 386 g/mol. The average Bonchev–Trinajstić information content (AvgIpc) is 3.32. The molecule has 1 amide bonds. The van der Waals surface area contributed by atoms with Gasteiger partial charge in [-0.1, -0.05) is 12.1 Å². The molecule has 1 atom stereocenters. The Kier molecular flexibility index (Phi) is 4.75. The summed E-state index contributed by atoms with van der Waals surface area (Å²) in [6, 6.07) is 4.93. The molecular formula is C19H19FN4O2S. The molecule has 2 aromatic heterocycles. The summed E-state index contributed by atoms with van der Waals surface area (Å²) in [7, 11) is 1.84. The highest BCUT2D eigenvalue weighted by Crippen LogP contribution is 2.27. The van der Waals surface area contributed by atoms with Gasteiger partial charge < -0.3 is 9.64 Å². The first-order valence-electron chi connectivity index (χ1n) is 8.63. The van der Waals surface area contributed by atoms with Gasteiger partial charge in [0.15, 0.2) is 0 Å². The number of ether oxygens (including phenoxy) is 1. The van der Waals surface area contributed by atoms with E-state index in [-0.39, 0.29) is 17.8 Å². The van der Waals surface area contributed by atoms with Gasteiger partial charge in [-0.3, -0.25) is 9.48 Å². The summed E-state index contributed by atoms with van der Waals surface area (Å²) in [6.45, 7) is 3.09. The maximum atomic E-state index is 13.5. The van der Waals surface area contributed by atoms with E-state index in [0.717, 1.165) is 16.1 Å². The number of amides is 1. The summed E-state index contributed by atoms with van der Waals surface area (Å²) in [5.74, 6) is -0.360. The van der Waals surface area contributed by atoms with Gasteiger partial charge in [-0.05, 0) is 24.1 Å². The van der Waals surface area contributed by atoms with Crippen LogP contribution in [0.25, 0.3) is 10.6 Å². The minimum Gasteiger partial charge on any atom is -0.370 e. The summed E-state index contributed by atoms with van der Waals surface area (Å²) >= 11 is 1.42. The smallest absolute Gasteiger partial charge is 0.273 e. The van der Waals surface area contributed by atoms with Crippen molar-refractivity contribution in [1.82, 2.24) is 19.7 Å². The van der Waals surface area contributed by atoms with Crippen molar-refractivity contribution >= 4 is 17.2 Å². The molecule has 8 heteroatoms. The first-order chi connectivity index (χ1) is 13.0. The number of morpholine rings is 1. The first-order valence-corrected chi connectivity index (χ1v) is 9.50. The molecule has 1 aromatic carbocycles. The van der Waals surface area contributed by atoms with Crippen molar-refractivity contribution < 1.29 is 13.9 Å². The van der Waals surface area contributed by atoms with Gasteiger partial charge in [0.1, 0.15) is 22.6 Å². The molecule has 0 aliphatic carbocycles. The van der Waals surface area contributed by atoms with E-state index in [1.807, 2.05) is 13.2 Å². The van der Waals surface area contributed by atoms with E-state index in [1.54, 1.807) is 40.2 Å². The molecule has 4 rings (SSSR count). The standard InChI is InChI=1S/C19H19FN4O2S/c1-12-7-13(3-4-15(12)20)17-10-24(5-6-26-17)19(25)16-11-27-18(22-16)14-8-21-23(2)9-14/h3-4,7-9,11,17H,5-6,10H2,1-2H3. The SMILES string of the molecule is Cc1cc(C2CN(C(=O)c3csc(-c4cnn(C)c4)n3)CCO2)ccc1F. The number of carbonyl (C=O) groups excluding carboxylic acids is 1. The summed E-state index contributed by atoms with van der Waals surface area (Å²) in [5, 5.41) is 6.68. The van der Waals surface area contributed by atoms with Crippen LogP contribution in [-0.2, 0) is 11.8 Å². The zero-order valence-corrected chi connectivity index (χ0v) is 15.9. The molecule has 3 aromatic rings. The normalized spacial score (nSPS) is 17.3. The van der Waals surface area contributed by atoms with Crippen LogP contribution in [0, 0.1) is 12.7 Å². The van der Waals surface area contributed by atoms with Crippen LogP contribution in [0.2, 0.25) is 0 Å². The Balaban J connectivity index is 1.50. The van der Waals surface area contributed by atoms with Gasteiger partial charge in [0.25, 0.3) is 5.91 Å². The molecule has 27 heavy (non-hydrogen) atoms. The van der Waals surface area contributed by atoms with Crippen molar-refractivity contribution in [3.8, 4) is 10.6 Å². The van der Waals surface area contributed by atoms with Gasteiger partial charge >= 0.3 is 0 Å². The van der Waals surface area contributed by atoms with Gasteiger partial charge in [0.05, 0.1) is 19.3 Å². The summed E-state index contributed by atoms with van der Waals surface area (Å²) in [5.41, 5.74) is 2.76. The zero-order chi connectivity index (χ0) is 19.0. The molecule has 1 unspecified atom stereocenters. The fraction of sp³-hybridized carbons (Fsp3) is 0.316. The second kappa shape index (κ2) is 7.21. The largest absolute Gasteiger partial charge is 0.370 e. The van der Waals surface area contributed by atoms with Gasteiger partial charge in [-0.15, -0.1) is 11.3 Å². The molecule has 0 N–H and O–H groups in total. The number of carbonyl (C=O) groups is 1. The maximum absolute atomic E-state index is 13.5. The van der Waals surface area contributed by atoms with Gasteiger partial charge in [-0.2, -0.15) is 5.10 Å². The summed E-state index contributed by atoms with van der Waals surface area (Å²) < 4.78 is 21.0. The van der Waals surface area contributed by atoms with Crippen LogP contribution in [0.1, 0.15) is 27.7 Å². The lowest BCUT2D eigenvalue weighted by Gasteiger charge is -2.33. The zero-order valence-electron chi connectivity index (χ0n) is 15.1. The number of aromatic nitrogens is 3. The van der Waals surface area contributed by atoms with E-state index in [2.05, 4.69) is 10.1 Å². The second-order valence-electron chi connectivity index (χ2n) is 6.56. The molecular weight excluding hydrogens is 367 g/mol. The highest BCUT2D eigenvalue weighted by atomic mass is 32.1. The van der Waals surface area contributed by atoms with Crippen molar-refractivity contribution in [1.29, 1.82) is 0 Å². The molecule has 1 fully saturated rings. The van der Waals surface area contributed by atoms with Crippen LogP contribution in [0.4, 0.5) is 4.39 Å². The fourth-order valence-corrected chi connectivity index (χ4v) is 3.87. The first kappa shape index (κ1) is 17.8. The lowest BCUT2D eigenvalue weighted by Crippen LogP contribution is -2.42. The van der Waals surface area contributed by atoms with Crippen molar-refractivity contribution in [3.05, 3.63) is 58.6 Å². The minimum atomic E-state index is -0.265. The van der Waals surface area contributed by atoms with Crippen LogP contribution in [0.5, 0.6) is 0 Å². The third-order valence-corrected chi connectivity index (χ3v) is 5.47. The van der Waals surface area contributed by atoms with Crippen molar-refractivity contribution in [2.24, 2.45) is 7.05 Å². The Morgan fingerprint density at radius 3 is 3.00 bits per heavy atom. The predicted molar refractivity (Wildman–Crippen MR) is 100 cm³/mol. The molecule has 0 bridgehead atoms. The van der Waals surface area contributed by atoms with Gasteiger partial charge in [0.2, 0.25) is 0 Å². The molecule has 1 aliphatic rings. The number of thiazole rings is 1. The molecule has 0 spiro atoms. The lowest BCUT2D eigenvalue weighted by molar-refractivity contribution is -0.0230. The molecule has 1 saturated heterocycles. The van der Waals surface area contributed by atoms with Crippen molar-refractivity contribution in [2.45, 2.75) is 13.0 Å². The van der Waals surface area contributed by atoms with Crippen LogP contribution >= 0.6 is 11.3 Å². The lowest BCUT2D eigenvalue weighted by atomic mass is 10.0. The number of halogens is 1. The number of aryl methyl sites for hydroxylation is 2. The number of hydrogen-bond acceptors (Lipinski definition) is 5. The topological polar surface area (TPSA) is 60.2 Å². The molecule has 3 heterocycles. The number of benzene rings is 1. The third-order valence-electron chi connectivity index (χ3n) is 4.58. The van der Waals surface area contributed by atoms with E-state index in [1.165, 1.54) is 17.4 Å². The van der Waals surface area contributed by atoms with Crippen LogP contribution in [0.3, 0.4) is 0 Å². The van der Waals surface area contributed by atoms with E-state index < -0.39 is 0 Å². The van der Waals surface area contributed by atoms with Gasteiger partial charge in [0, 0.05) is 30.7 Å². The average molecular weight is 386 g/mol. The number of hydrogen-bond donors (Lipinski definition) is 0. The van der Waals surface area contributed by atoms with Crippen LogP contribution < -0.4 is 0 Å². The Hall–Kier alpha value is -2.58.